The van der Waals surface area contributed by atoms with Crippen molar-refractivity contribution in [1.29, 1.82) is 0 Å². The summed E-state index contributed by atoms with van der Waals surface area (Å²) in [5.41, 5.74) is 3.36. The molecule has 0 spiro atoms. The van der Waals surface area contributed by atoms with Crippen molar-refractivity contribution >= 4 is 11.6 Å². The minimum absolute atomic E-state index is 0.0114. The van der Waals surface area contributed by atoms with E-state index in [9.17, 15) is 4.79 Å². The van der Waals surface area contributed by atoms with Gasteiger partial charge in [0.1, 0.15) is 11.9 Å². The number of nitrogens with one attached hydrogen (secondary N) is 1. The highest BCUT2D eigenvalue weighted by Crippen LogP contribution is 2.29. The second-order valence-electron chi connectivity index (χ2n) is 7.21. The third-order valence-corrected chi connectivity index (χ3v) is 4.93. The summed E-state index contributed by atoms with van der Waals surface area (Å²) in [4.78, 5) is 17.9. The van der Waals surface area contributed by atoms with E-state index in [4.69, 9.17) is 9.47 Å². The van der Waals surface area contributed by atoms with Crippen LogP contribution in [0.1, 0.15) is 44.4 Å². The van der Waals surface area contributed by atoms with Gasteiger partial charge in [0.15, 0.2) is 0 Å². The Labute approximate surface area is 166 Å². The lowest BCUT2D eigenvalue weighted by Crippen LogP contribution is -2.25. The molecule has 6 heteroatoms. The van der Waals surface area contributed by atoms with Crippen LogP contribution in [0.15, 0.2) is 36.5 Å². The SMILES string of the molecule is CCOc1cc(N2CC[C@@H](Oc3ccc([C@H](C)NC(C)=O)cc3)C2)c(C)cn1. The van der Waals surface area contributed by atoms with Crippen molar-refractivity contribution in [2.24, 2.45) is 0 Å². The molecule has 0 unspecified atom stereocenters. The van der Waals surface area contributed by atoms with E-state index in [-0.39, 0.29) is 18.1 Å². The molecule has 6 nitrogen and oxygen atoms in total. The maximum absolute atomic E-state index is 11.2. The number of benzene rings is 1. The molecule has 1 aromatic heterocycles. The van der Waals surface area contributed by atoms with Gasteiger partial charge in [0.25, 0.3) is 0 Å². The number of nitrogens with zero attached hydrogens (tertiary/aromatic N) is 2. The average molecular weight is 383 g/mol. The van der Waals surface area contributed by atoms with Crippen molar-refractivity contribution in [3.8, 4) is 11.6 Å². The van der Waals surface area contributed by atoms with Crippen LogP contribution in [0, 0.1) is 6.92 Å². The van der Waals surface area contributed by atoms with Gasteiger partial charge in [-0.3, -0.25) is 4.79 Å². The first-order valence-electron chi connectivity index (χ1n) is 9.84. The number of rotatable bonds is 7. The fraction of sp³-hybridized carbons (Fsp3) is 0.455. The van der Waals surface area contributed by atoms with Crippen molar-refractivity contribution in [1.82, 2.24) is 10.3 Å². The Bertz CT molecular complexity index is 807. The molecule has 3 rings (SSSR count). The van der Waals surface area contributed by atoms with E-state index in [1.807, 2.05) is 50.4 Å². The zero-order valence-corrected chi connectivity index (χ0v) is 17.1. The maximum Gasteiger partial charge on any atom is 0.217 e. The molecule has 150 valence electrons. The first-order valence-corrected chi connectivity index (χ1v) is 9.84. The molecule has 0 saturated carbocycles. The number of carbonyl (C=O) groups is 1. The van der Waals surface area contributed by atoms with Crippen LogP contribution in [-0.2, 0) is 4.79 Å². The molecule has 28 heavy (non-hydrogen) atoms. The Morgan fingerprint density at radius 3 is 2.79 bits per heavy atom. The van der Waals surface area contributed by atoms with Gasteiger partial charge in [-0.15, -0.1) is 0 Å². The Hall–Kier alpha value is -2.76. The zero-order chi connectivity index (χ0) is 20.1. The fourth-order valence-corrected chi connectivity index (χ4v) is 3.52. The first-order chi connectivity index (χ1) is 13.5. The summed E-state index contributed by atoms with van der Waals surface area (Å²) in [5.74, 6) is 1.49. The summed E-state index contributed by atoms with van der Waals surface area (Å²) in [5, 5.41) is 2.89. The van der Waals surface area contributed by atoms with Crippen LogP contribution in [0.2, 0.25) is 0 Å². The standard InChI is InChI=1S/C22H29N3O3/c1-5-27-22-12-21(15(2)13-23-22)25-11-10-20(14-25)28-19-8-6-18(7-9-19)16(3)24-17(4)26/h6-9,12-13,16,20H,5,10-11,14H2,1-4H3,(H,24,26)/t16-,20+/m0/s1. The van der Waals surface area contributed by atoms with Gasteiger partial charge < -0.3 is 19.7 Å². The van der Waals surface area contributed by atoms with E-state index in [1.54, 1.807) is 0 Å². The Balaban J connectivity index is 1.60. The Morgan fingerprint density at radius 1 is 1.36 bits per heavy atom. The molecule has 2 aromatic rings. The van der Waals surface area contributed by atoms with Crippen LogP contribution in [0.4, 0.5) is 5.69 Å². The molecule has 1 saturated heterocycles. The number of hydrogen-bond acceptors (Lipinski definition) is 5. The predicted molar refractivity (Wildman–Crippen MR) is 110 cm³/mol. The number of aromatic nitrogens is 1. The number of aryl methyl sites for hydroxylation is 1. The lowest BCUT2D eigenvalue weighted by Gasteiger charge is -2.21. The van der Waals surface area contributed by atoms with E-state index < -0.39 is 0 Å². The third kappa shape index (κ3) is 4.94. The van der Waals surface area contributed by atoms with Crippen molar-refractivity contribution in [3.05, 3.63) is 47.7 Å². The summed E-state index contributed by atoms with van der Waals surface area (Å²) in [6.07, 6.45) is 2.97. The number of anilines is 1. The van der Waals surface area contributed by atoms with Crippen LogP contribution >= 0.6 is 0 Å². The number of hydrogen-bond donors (Lipinski definition) is 1. The lowest BCUT2D eigenvalue weighted by molar-refractivity contribution is -0.119. The van der Waals surface area contributed by atoms with Gasteiger partial charge in [-0.05, 0) is 44.0 Å². The fourth-order valence-electron chi connectivity index (χ4n) is 3.52. The van der Waals surface area contributed by atoms with Gasteiger partial charge in [-0.2, -0.15) is 0 Å². The molecule has 0 aliphatic carbocycles. The van der Waals surface area contributed by atoms with Gasteiger partial charge in [-0.1, -0.05) is 12.1 Å². The average Bonchev–Trinajstić information content (AvgIpc) is 3.12. The van der Waals surface area contributed by atoms with Crippen LogP contribution in [-0.4, -0.2) is 36.7 Å². The summed E-state index contributed by atoms with van der Waals surface area (Å²) < 4.78 is 11.7. The lowest BCUT2D eigenvalue weighted by atomic mass is 10.1. The molecule has 2 atom stereocenters. The zero-order valence-electron chi connectivity index (χ0n) is 17.1. The summed E-state index contributed by atoms with van der Waals surface area (Å²) in [7, 11) is 0. The molecular weight excluding hydrogens is 354 g/mol. The van der Waals surface area contributed by atoms with Gasteiger partial charge in [0.05, 0.1) is 19.2 Å². The molecule has 1 aliphatic rings. The van der Waals surface area contributed by atoms with Crippen LogP contribution in [0.25, 0.3) is 0 Å². The van der Waals surface area contributed by atoms with Gasteiger partial charge >= 0.3 is 0 Å². The molecule has 1 amide bonds. The van der Waals surface area contributed by atoms with E-state index in [1.165, 1.54) is 6.92 Å². The van der Waals surface area contributed by atoms with E-state index in [0.29, 0.717) is 12.5 Å². The van der Waals surface area contributed by atoms with Gasteiger partial charge in [-0.25, -0.2) is 4.98 Å². The largest absolute Gasteiger partial charge is 0.489 e. The topological polar surface area (TPSA) is 63.7 Å². The van der Waals surface area contributed by atoms with Crippen molar-refractivity contribution in [3.63, 3.8) is 0 Å². The maximum atomic E-state index is 11.2. The van der Waals surface area contributed by atoms with Crippen molar-refractivity contribution in [2.45, 2.75) is 46.3 Å². The van der Waals surface area contributed by atoms with E-state index in [2.05, 4.69) is 22.1 Å². The molecule has 0 bridgehead atoms. The molecule has 0 radical (unpaired) electrons. The van der Waals surface area contributed by atoms with Crippen LogP contribution < -0.4 is 19.7 Å². The normalized spacial score (nSPS) is 17.3. The highest BCUT2D eigenvalue weighted by molar-refractivity contribution is 5.73. The van der Waals surface area contributed by atoms with Gasteiger partial charge in [0.2, 0.25) is 11.8 Å². The molecule has 1 aliphatic heterocycles. The summed E-state index contributed by atoms with van der Waals surface area (Å²) in [6.45, 7) is 9.92. The minimum atomic E-state index is -0.0298. The number of amides is 1. The van der Waals surface area contributed by atoms with Crippen LogP contribution in [0.5, 0.6) is 11.6 Å². The highest BCUT2D eigenvalue weighted by atomic mass is 16.5. The number of ether oxygens (including phenoxy) is 2. The summed E-state index contributed by atoms with van der Waals surface area (Å²) in [6, 6.07) is 9.96. The van der Waals surface area contributed by atoms with E-state index >= 15 is 0 Å². The minimum Gasteiger partial charge on any atom is -0.489 e. The second kappa shape index (κ2) is 8.95. The molecule has 1 N–H and O–H groups in total. The monoisotopic (exact) mass is 383 g/mol. The molecule has 2 heterocycles. The van der Waals surface area contributed by atoms with Crippen LogP contribution in [0.3, 0.4) is 0 Å². The molecule has 1 fully saturated rings. The second-order valence-corrected chi connectivity index (χ2v) is 7.21. The smallest absolute Gasteiger partial charge is 0.217 e. The predicted octanol–water partition coefficient (Wildman–Crippen LogP) is 3.64. The number of pyridine rings is 1. The Kier molecular flexibility index (Phi) is 6.39. The number of carbonyl (C=O) groups excluding carboxylic acids is 1. The first kappa shape index (κ1) is 20.0. The van der Waals surface area contributed by atoms with Crippen molar-refractivity contribution < 1.29 is 14.3 Å². The van der Waals surface area contributed by atoms with Gasteiger partial charge in [0, 0.05) is 37.8 Å². The highest BCUT2D eigenvalue weighted by Gasteiger charge is 2.25. The van der Waals surface area contributed by atoms with Crippen molar-refractivity contribution in [2.75, 3.05) is 24.6 Å². The quantitative estimate of drug-likeness (QED) is 0.791. The third-order valence-electron chi connectivity index (χ3n) is 4.93. The molecule has 1 aromatic carbocycles. The Morgan fingerprint density at radius 2 is 2.11 bits per heavy atom. The van der Waals surface area contributed by atoms with E-state index in [0.717, 1.165) is 42.1 Å². The summed E-state index contributed by atoms with van der Waals surface area (Å²) >= 11 is 0. The molecular formula is C22H29N3O3.